The molecular weight excluding hydrogens is 217 g/mol. The highest BCUT2D eigenvalue weighted by molar-refractivity contribution is 5.55. The van der Waals surface area contributed by atoms with Crippen molar-refractivity contribution in [3.8, 4) is 11.5 Å². The van der Waals surface area contributed by atoms with E-state index in [1.807, 2.05) is 26.0 Å². The van der Waals surface area contributed by atoms with Crippen molar-refractivity contribution in [2.45, 2.75) is 13.8 Å². The lowest BCUT2D eigenvalue weighted by molar-refractivity contribution is 0.475. The van der Waals surface area contributed by atoms with Crippen LogP contribution >= 0.6 is 0 Å². The summed E-state index contributed by atoms with van der Waals surface area (Å²) in [5.41, 5.74) is 8.26. The Hall–Kier alpha value is -2.03. The molecule has 2 nitrogen and oxygen atoms in total. The van der Waals surface area contributed by atoms with Crippen LogP contribution in [-0.2, 0) is 0 Å². The number of hydrogen-bond acceptors (Lipinski definition) is 2. The molecule has 88 valence electrons. The number of hydrogen-bond donors (Lipinski definition) is 1. The zero-order valence-electron chi connectivity index (χ0n) is 9.83. The zero-order chi connectivity index (χ0) is 12.4. The van der Waals surface area contributed by atoms with E-state index >= 15 is 0 Å². The van der Waals surface area contributed by atoms with Gasteiger partial charge >= 0.3 is 0 Å². The Kier molecular flexibility index (Phi) is 3.00. The molecule has 0 aliphatic heterocycles. The molecule has 2 rings (SSSR count). The third kappa shape index (κ3) is 2.56. The number of anilines is 1. The number of rotatable bonds is 2. The second-order valence-corrected chi connectivity index (χ2v) is 4.05. The van der Waals surface area contributed by atoms with Crippen molar-refractivity contribution in [2.24, 2.45) is 0 Å². The molecule has 0 aliphatic rings. The van der Waals surface area contributed by atoms with E-state index in [-0.39, 0.29) is 5.82 Å². The molecule has 3 heteroatoms. The van der Waals surface area contributed by atoms with Gasteiger partial charge in [-0.3, -0.25) is 0 Å². The summed E-state index contributed by atoms with van der Waals surface area (Å²) < 4.78 is 18.8. The van der Waals surface area contributed by atoms with Crippen molar-refractivity contribution in [3.05, 3.63) is 53.3 Å². The smallest absolute Gasteiger partial charge is 0.150 e. The maximum Gasteiger partial charge on any atom is 0.150 e. The molecule has 2 N–H and O–H groups in total. The van der Waals surface area contributed by atoms with Gasteiger partial charge in [0.25, 0.3) is 0 Å². The van der Waals surface area contributed by atoms with Crippen LogP contribution < -0.4 is 10.5 Å². The average Bonchev–Trinajstić information content (AvgIpc) is 2.28. The monoisotopic (exact) mass is 231 g/mol. The summed E-state index contributed by atoms with van der Waals surface area (Å²) in [5.74, 6) is 0.720. The number of aryl methyl sites for hydroxylation is 2. The van der Waals surface area contributed by atoms with Gasteiger partial charge in [-0.15, -0.1) is 0 Å². The van der Waals surface area contributed by atoms with Gasteiger partial charge in [0.2, 0.25) is 0 Å². The van der Waals surface area contributed by atoms with Gasteiger partial charge in [-0.25, -0.2) is 4.39 Å². The summed E-state index contributed by atoms with van der Waals surface area (Å²) in [6.45, 7) is 3.81. The second-order valence-electron chi connectivity index (χ2n) is 4.05. The van der Waals surface area contributed by atoms with Gasteiger partial charge in [-0.2, -0.15) is 0 Å². The Bertz CT molecular complexity index is 502. The maximum atomic E-state index is 13.1. The number of benzene rings is 2. The van der Waals surface area contributed by atoms with Crippen LogP contribution in [0.15, 0.2) is 36.4 Å². The molecule has 0 saturated carbocycles. The summed E-state index contributed by atoms with van der Waals surface area (Å²) in [4.78, 5) is 0. The van der Waals surface area contributed by atoms with E-state index in [0.717, 1.165) is 11.1 Å². The van der Waals surface area contributed by atoms with Crippen molar-refractivity contribution in [1.29, 1.82) is 0 Å². The molecule has 0 heterocycles. The second kappa shape index (κ2) is 4.45. The zero-order valence-corrected chi connectivity index (χ0v) is 9.83. The molecule has 0 bridgehead atoms. The summed E-state index contributed by atoms with van der Waals surface area (Å²) in [6, 6.07) is 9.95. The summed E-state index contributed by atoms with van der Waals surface area (Å²) >= 11 is 0. The molecule has 0 aromatic heterocycles. The molecule has 0 saturated heterocycles. The number of nitrogen functional groups attached to an aromatic ring is 1. The van der Waals surface area contributed by atoms with Gasteiger partial charge in [-0.1, -0.05) is 12.1 Å². The lowest BCUT2D eigenvalue weighted by Gasteiger charge is -2.11. The van der Waals surface area contributed by atoms with Gasteiger partial charge in [0.15, 0.2) is 5.75 Å². The first-order valence-corrected chi connectivity index (χ1v) is 5.36. The highest BCUT2D eigenvalue weighted by atomic mass is 19.1. The molecule has 0 spiro atoms. The fraction of sp³-hybridized carbons (Fsp3) is 0.143. The van der Waals surface area contributed by atoms with Crippen LogP contribution in [0.5, 0.6) is 11.5 Å². The predicted molar refractivity (Wildman–Crippen MR) is 66.8 cm³/mol. The lowest BCUT2D eigenvalue weighted by atomic mass is 10.2. The number of halogens is 1. The van der Waals surface area contributed by atoms with Crippen molar-refractivity contribution in [1.82, 2.24) is 0 Å². The van der Waals surface area contributed by atoms with Gasteiger partial charge in [0.05, 0.1) is 5.69 Å². The highest BCUT2D eigenvalue weighted by Crippen LogP contribution is 2.30. The first-order chi connectivity index (χ1) is 8.06. The lowest BCUT2D eigenvalue weighted by Crippen LogP contribution is -1.94. The normalized spacial score (nSPS) is 10.3. The molecular formula is C14H14FNO. The van der Waals surface area contributed by atoms with Crippen molar-refractivity contribution in [3.63, 3.8) is 0 Å². The largest absolute Gasteiger partial charge is 0.455 e. The van der Waals surface area contributed by atoms with Crippen molar-refractivity contribution < 1.29 is 9.13 Å². The molecule has 0 radical (unpaired) electrons. The van der Waals surface area contributed by atoms with Crippen LogP contribution in [0, 0.1) is 19.7 Å². The average molecular weight is 231 g/mol. The molecule has 2 aromatic carbocycles. The Labute approximate surface area is 99.8 Å². The molecule has 17 heavy (non-hydrogen) atoms. The minimum atomic E-state index is -0.322. The molecule has 0 atom stereocenters. The van der Waals surface area contributed by atoms with Gasteiger partial charge in [0, 0.05) is 6.07 Å². The molecule has 0 amide bonds. The van der Waals surface area contributed by atoms with Crippen LogP contribution in [-0.4, -0.2) is 0 Å². The molecule has 0 fully saturated rings. The Balaban J connectivity index is 2.37. The van der Waals surface area contributed by atoms with Crippen molar-refractivity contribution in [2.75, 3.05) is 5.73 Å². The highest BCUT2D eigenvalue weighted by Gasteiger charge is 2.06. The molecule has 0 aliphatic carbocycles. The standard InChI is InChI=1S/C14H14FNO/c1-9-3-6-12(16)14(7-9)17-13-8-11(15)5-4-10(13)2/h3-8H,16H2,1-2H3. The Morgan fingerprint density at radius 3 is 2.53 bits per heavy atom. The quantitative estimate of drug-likeness (QED) is 0.797. The maximum absolute atomic E-state index is 13.1. The third-order valence-electron chi connectivity index (χ3n) is 2.54. The minimum Gasteiger partial charge on any atom is -0.455 e. The van der Waals surface area contributed by atoms with E-state index in [2.05, 4.69) is 0 Å². The van der Waals surface area contributed by atoms with E-state index in [1.54, 1.807) is 12.1 Å². The van der Waals surface area contributed by atoms with E-state index in [0.29, 0.717) is 17.2 Å². The number of nitrogens with two attached hydrogens (primary N) is 1. The topological polar surface area (TPSA) is 35.2 Å². The van der Waals surface area contributed by atoms with E-state index in [9.17, 15) is 4.39 Å². The van der Waals surface area contributed by atoms with Gasteiger partial charge < -0.3 is 10.5 Å². The Morgan fingerprint density at radius 1 is 1.00 bits per heavy atom. The third-order valence-corrected chi connectivity index (χ3v) is 2.54. The van der Waals surface area contributed by atoms with Crippen LogP contribution in [0.1, 0.15) is 11.1 Å². The number of ether oxygens (including phenoxy) is 1. The fourth-order valence-corrected chi connectivity index (χ4v) is 1.53. The van der Waals surface area contributed by atoms with Crippen LogP contribution in [0.2, 0.25) is 0 Å². The van der Waals surface area contributed by atoms with Crippen LogP contribution in [0.4, 0.5) is 10.1 Å². The first-order valence-electron chi connectivity index (χ1n) is 5.36. The van der Waals surface area contributed by atoms with E-state index in [1.165, 1.54) is 12.1 Å². The summed E-state index contributed by atoms with van der Waals surface area (Å²) in [5, 5.41) is 0. The molecule has 0 unspecified atom stereocenters. The van der Waals surface area contributed by atoms with Crippen molar-refractivity contribution >= 4 is 5.69 Å². The minimum absolute atomic E-state index is 0.322. The molecule has 2 aromatic rings. The predicted octanol–water partition coefficient (Wildman–Crippen LogP) is 3.82. The first kappa shape index (κ1) is 11.5. The van der Waals surface area contributed by atoms with Gasteiger partial charge in [-0.05, 0) is 43.2 Å². The SMILES string of the molecule is Cc1ccc(N)c(Oc2cc(F)ccc2C)c1. The van der Waals surface area contributed by atoms with Crippen LogP contribution in [0.25, 0.3) is 0 Å². The van der Waals surface area contributed by atoms with E-state index in [4.69, 9.17) is 10.5 Å². The Morgan fingerprint density at radius 2 is 1.76 bits per heavy atom. The fourth-order valence-electron chi connectivity index (χ4n) is 1.53. The summed E-state index contributed by atoms with van der Waals surface area (Å²) in [7, 11) is 0. The van der Waals surface area contributed by atoms with Gasteiger partial charge in [0.1, 0.15) is 11.6 Å². The summed E-state index contributed by atoms with van der Waals surface area (Å²) in [6.07, 6.45) is 0. The van der Waals surface area contributed by atoms with Crippen LogP contribution in [0.3, 0.4) is 0 Å². The van der Waals surface area contributed by atoms with E-state index < -0.39 is 0 Å².